The molecule has 3 aromatic carbocycles. The van der Waals surface area contributed by atoms with Crippen LogP contribution in [-0.2, 0) is 41.6 Å². The van der Waals surface area contributed by atoms with Gasteiger partial charge in [-0.2, -0.15) is 8.61 Å². The number of unbranched alkanes of at least 4 members (excludes halogenated alkanes) is 4. The predicted octanol–water partition coefficient (Wildman–Crippen LogP) is 8.43. The van der Waals surface area contributed by atoms with Gasteiger partial charge in [0.05, 0.1) is 9.79 Å². The second kappa shape index (κ2) is 20.7. The molecule has 310 valence electrons. The molecule has 3 aromatic rings. The van der Waals surface area contributed by atoms with E-state index in [0.29, 0.717) is 72.2 Å². The summed E-state index contributed by atoms with van der Waals surface area (Å²) in [5.41, 5.74) is 6.69. The summed E-state index contributed by atoms with van der Waals surface area (Å²) in [6, 6.07) is 15.6. The van der Waals surface area contributed by atoms with Gasteiger partial charge in [0.15, 0.2) is 0 Å². The van der Waals surface area contributed by atoms with E-state index in [2.05, 4.69) is 26.1 Å². The van der Waals surface area contributed by atoms with Gasteiger partial charge >= 0.3 is 5.97 Å². The predicted molar refractivity (Wildman–Crippen MR) is 225 cm³/mol. The van der Waals surface area contributed by atoms with Gasteiger partial charge in [0, 0.05) is 45.6 Å². The number of carbonyl (C=O) groups excluding carboxylic acids is 1. The standard InChI is InChI=1S/C44H65N3O7S2/c1-32-27-34(3)42(35(4)28-32)55(51,52)46(26-16-23-45-40(48)17-12-10-11-13-18-41(49)50)24-14-15-25-47(31-38-19-21-39(22-20-38)44(7,8)9)56(53,54)43-36(5)29-33(2)30-37(43)6/h19-22,27-30H,10-18,23-26,31H2,1-9H3,(H,45,48)(H,49,50). The lowest BCUT2D eigenvalue weighted by Crippen LogP contribution is -2.37. The van der Waals surface area contributed by atoms with Crippen LogP contribution >= 0.6 is 0 Å². The van der Waals surface area contributed by atoms with Crippen LogP contribution in [0.5, 0.6) is 0 Å². The van der Waals surface area contributed by atoms with Crippen molar-refractivity contribution in [3.8, 4) is 0 Å². The SMILES string of the molecule is Cc1cc(C)c(S(=O)(=O)N(CCCCN(Cc2ccc(C(C)(C)C)cc2)S(=O)(=O)c2c(C)cc(C)cc2C)CCCNC(=O)CCCCCCC(=O)O)c(C)c1. The van der Waals surface area contributed by atoms with Crippen LogP contribution in [0.15, 0.2) is 58.3 Å². The maximum atomic E-state index is 14.4. The third-order valence-electron chi connectivity index (χ3n) is 10.1. The van der Waals surface area contributed by atoms with E-state index >= 15 is 0 Å². The zero-order valence-corrected chi connectivity index (χ0v) is 36.8. The van der Waals surface area contributed by atoms with Crippen molar-refractivity contribution in [2.75, 3.05) is 26.2 Å². The van der Waals surface area contributed by atoms with Crippen molar-refractivity contribution >= 4 is 31.9 Å². The molecule has 2 N–H and O–H groups in total. The maximum absolute atomic E-state index is 14.4. The van der Waals surface area contributed by atoms with Crippen LogP contribution in [0.4, 0.5) is 0 Å². The quantitative estimate of drug-likeness (QED) is 0.0971. The molecule has 56 heavy (non-hydrogen) atoms. The molecule has 0 aliphatic heterocycles. The molecule has 12 heteroatoms. The van der Waals surface area contributed by atoms with Gasteiger partial charge in [-0.15, -0.1) is 0 Å². The van der Waals surface area contributed by atoms with Crippen LogP contribution in [0, 0.1) is 41.5 Å². The summed E-state index contributed by atoms with van der Waals surface area (Å²) in [7, 11) is -7.82. The molecule has 0 heterocycles. The highest BCUT2D eigenvalue weighted by molar-refractivity contribution is 7.89. The second-order valence-electron chi connectivity index (χ2n) is 16.4. The first kappa shape index (κ1) is 46.8. The van der Waals surface area contributed by atoms with Gasteiger partial charge in [-0.1, -0.05) is 93.3 Å². The molecule has 0 fully saturated rings. The number of amides is 1. The van der Waals surface area contributed by atoms with Crippen molar-refractivity contribution in [2.24, 2.45) is 0 Å². The molecule has 10 nitrogen and oxygen atoms in total. The fourth-order valence-electron chi connectivity index (χ4n) is 7.42. The van der Waals surface area contributed by atoms with Crippen LogP contribution in [0.25, 0.3) is 0 Å². The molecule has 1 amide bonds. The van der Waals surface area contributed by atoms with Crippen LogP contribution in [0.1, 0.15) is 123 Å². The molecule has 0 spiro atoms. The molecule has 0 saturated carbocycles. The molecule has 0 aliphatic carbocycles. The zero-order valence-electron chi connectivity index (χ0n) is 35.1. The molecule has 0 unspecified atom stereocenters. The van der Waals surface area contributed by atoms with Crippen LogP contribution in [0.2, 0.25) is 0 Å². The number of nitrogens with one attached hydrogen (secondary N) is 1. The number of aliphatic carboxylic acids is 1. The number of carbonyl (C=O) groups is 2. The maximum Gasteiger partial charge on any atom is 0.303 e. The Labute approximate surface area is 337 Å². The summed E-state index contributed by atoms with van der Waals surface area (Å²) in [6.07, 6.45) is 4.51. The van der Waals surface area contributed by atoms with E-state index in [9.17, 15) is 26.4 Å². The lowest BCUT2D eigenvalue weighted by atomic mass is 9.87. The highest BCUT2D eigenvalue weighted by Crippen LogP contribution is 2.29. The monoisotopic (exact) mass is 811 g/mol. The fraction of sp³-hybridized carbons (Fsp3) is 0.545. The molecule has 0 aliphatic rings. The molecular weight excluding hydrogens is 747 g/mol. The summed E-state index contributed by atoms with van der Waals surface area (Å²) in [5, 5.41) is 11.7. The summed E-state index contributed by atoms with van der Waals surface area (Å²) in [4.78, 5) is 23.8. The Kier molecular flexibility index (Phi) is 17.3. The smallest absolute Gasteiger partial charge is 0.303 e. The van der Waals surface area contributed by atoms with Gasteiger partial charge in [0.1, 0.15) is 0 Å². The number of carboxylic acids is 1. The van der Waals surface area contributed by atoms with Crippen molar-refractivity contribution in [3.63, 3.8) is 0 Å². The Bertz CT molecular complexity index is 1970. The molecule has 3 rings (SSSR count). The summed E-state index contributed by atoms with van der Waals surface area (Å²) in [6.45, 7) is 18.7. The van der Waals surface area contributed by atoms with Crippen molar-refractivity contribution in [3.05, 3.63) is 93.0 Å². The van der Waals surface area contributed by atoms with Crippen LogP contribution in [0.3, 0.4) is 0 Å². The Morgan fingerprint density at radius 1 is 0.607 bits per heavy atom. The van der Waals surface area contributed by atoms with Crippen molar-refractivity contribution in [1.29, 1.82) is 0 Å². The van der Waals surface area contributed by atoms with Gasteiger partial charge in [-0.05, 0) is 112 Å². The summed E-state index contributed by atoms with van der Waals surface area (Å²) < 4.78 is 60.4. The number of benzene rings is 3. The Hall–Kier alpha value is -3.58. The first-order valence-electron chi connectivity index (χ1n) is 19.9. The van der Waals surface area contributed by atoms with E-state index in [1.807, 2.05) is 76.2 Å². The summed E-state index contributed by atoms with van der Waals surface area (Å²) in [5.74, 6) is -0.932. The molecular formula is C44H65N3O7S2. The van der Waals surface area contributed by atoms with E-state index in [-0.39, 0.29) is 48.8 Å². The minimum absolute atomic E-state index is 0.0422. The summed E-state index contributed by atoms with van der Waals surface area (Å²) >= 11 is 0. The first-order chi connectivity index (χ1) is 26.1. The largest absolute Gasteiger partial charge is 0.481 e. The number of nitrogens with zero attached hydrogens (tertiary/aromatic N) is 2. The zero-order chi connectivity index (χ0) is 41.8. The van der Waals surface area contributed by atoms with E-state index in [1.165, 1.54) is 8.61 Å². The fourth-order valence-corrected chi connectivity index (χ4v) is 11.2. The third-order valence-corrected chi connectivity index (χ3v) is 14.5. The number of carboxylic acid groups (broad SMARTS) is 1. The number of aryl methyl sites for hydroxylation is 6. The minimum Gasteiger partial charge on any atom is -0.481 e. The molecule has 0 aromatic heterocycles. The lowest BCUT2D eigenvalue weighted by molar-refractivity contribution is -0.137. The number of rotatable bonds is 22. The van der Waals surface area contributed by atoms with E-state index in [0.717, 1.165) is 35.1 Å². The highest BCUT2D eigenvalue weighted by Gasteiger charge is 2.30. The topological polar surface area (TPSA) is 141 Å². The average Bonchev–Trinajstić information content (AvgIpc) is 3.06. The molecule has 0 radical (unpaired) electrons. The Morgan fingerprint density at radius 2 is 1.04 bits per heavy atom. The van der Waals surface area contributed by atoms with Gasteiger partial charge in [0.2, 0.25) is 26.0 Å². The lowest BCUT2D eigenvalue weighted by Gasteiger charge is -2.27. The van der Waals surface area contributed by atoms with Crippen LogP contribution in [-0.4, -0.2) is 68.6 Å². The highest BCUT2D eigenvalue weighted by atomic mass is 32.2. The minimum atomic E-state index is -3.91. The van der Waals surface area contributed by atoms with Gasteiger partial charge < -0.3 is 10.4 Å². The second-order valence-corrected chi connectivity index (χ2v) is 20.1. The number of sulfonamides is 2. The Balaban J connectivity index is 1.78. The number of hydrogen-bond acceptors (Lipinski definition) is 6. The van der Waals surface area contributed by atoms with Crippen molar-refractivity contribution in [2.45, 2.75) is 142 Å². The van der Waals surface area contributed by atoms with Gasteiger partial charge in [-0.25, -0.2) is 16.8 Å². The van der Waals surface area contributed by atoms with E-state index in [4.69, 9.17) is 5.11 Å². The van der Waals surface area contributed by atoms with Crippen LogP contribution < -0.4 is 5.32 Å². The van der Waals surface area contributed by atoms with E-state index < -0.39 is 26.0 Å². The molecule has 0 bridgehead atoms. The van der Waals surface area contributed by atoms with Gasteiger partial charge in [0.25, 0.3) is 0 Å². The Morgan fingerprint density at radius 3 is 1.50 bits per heavy atom. The third kappa shape index (κ3) is 13.5. The first-order valence-corrected chi connectivity index (χ1v) is 22.8. The van der Waals surface area contributed by atoms with Crippen molar-refractivity contribution in [1.82, 2.24) is 13.9 Å². The molecule has 0 atom stereocenters. The average molecular weight is 812 g/mol. The van der Waals surface area contributed by atoms with Gasteiger partial charge in [-0.3, -0.25) is 9.59 Å². The molecule has 0 saturated heterocycles. The normalized spacial score (nSPS) is 12.4. The van der Waals surface area contributed by atoms with E-state index in [1.54, 1.807) is 13.8 Å². The van der Waals surface area contributed by atoms with Crippen molar-refractivity contribution < 1.29 is 31.5 Å². The number of hydrogen-bond donors (Lipinski definition) is 2.